The summed E-state index contributed by atoms with van der Waals surface area (Å²) >= 11 is 0. The Balaban J connectivity index is 2.49. The minimum Gasteiger partial charge on any atom is -0.477 e. The van der Waals surface area contributed by atoms with E-state index >= 15 is 0 Å². The third-order valence-corrected chi connectivity index (χ3v) is 2.95. The van der Waals surface area contributed by atoms with Gasteiger partial charge in [-0.05, 0) is 26.8 Å². The highest BCUT2D eigenvalue weighted by atomic mass is 16.4. The molecular formula is C13H15N3O2. The second kappa shape index (κ2) is 4.60. The number of hydrogen-bond donors (Lipinski definition) is 1. The maximum Gasteiger partial charge on any atom is 0.354 e. The largest absolute Gasteiger partial charge is 0.477 e. The summed E-state index contributed by atoms with van der Waals surface area (Å²) in [5.74, 6) is -1.01. The Morgan fingerprint density at radius 1 is 1.39 bits per heavy atom. The number of pyridine rings is 1. The number of aryl methyl sites for hydroxylation is 2. The molecule has 5 heteroatoms. The molecule has 1 N–H and O–H groups in total. The first-order valence-corrected chi connectivity index (χ1v) is 5.78. The van der Waals surface area contributed by atoms with E-state index in [-0.39, 0.29) is 5.69 Å². The lowest BCUT2D eigenvalue weighted by atomic mass is 10.1. The Morgan fingerprint density at radius 2 is 2.11 bits per heavy atom. The van der Waals surface area contributed by atoms with Crippen LogP contribution in [0.5, 0.6) is 0 Å². The van der Waals surface area contributed by atoms with Gasteiger partial charge in [0.2, 0.25) is 0 Å². The minimum absolute atomic E-state index is 0.0527. The molecule has 0 fully saturated rings. The number of carbonyl (C=O) groups is 1. The lowest BCUT2D eigenvalue weighted by molar-refractivity contribution is 0.0690. The molecule has 0 radical (unpaired) electrons. The number of hydrogen-bond acceptors (Lipinski definition) is 3. The molecular weight excluding hydrogens is 230 g/mol. The van der Waals surface area contributed by atoms with E-state index < -0.39 is 5.97 Å². The van der Waals surface area contributed by atoms with Crippen molar-refractivity contribution in [2.24, 2.45) is 0 Å². The number of nitrogens with zero attached hydrogens (tertiary/aromatic N) is 3. The van der Waals surface area contributed by atoms with E-state index in [1.807, 2.05) is 25.5 Å². The van der Waals surface area contributed by atoms with Crippen molar-refractivity contribution in [1.29, 1.82) is 0 Å². The molecule has 0 aliphatic carbocycles. The molecule has 94 valence electrons. The van der Waals surface area contributed by atoms with Crippen LogP contribution in [0.1, 0.15) is 28.8 Å². The van der Waals surface area contributed by atoms with Crippen molar-refractivity contribution in [3.05, 3.63) is 35.4 Å². The molecule has 0 aromatic carbocycles. The number of rotatable bonds is 3. The van der Waals surface area contributed by atoms with Crippen LogP contribution in [0.25, 0.3) is 11.1 Å². The summed E-state index contributed by atoms with van der Waals surface area (Å²) in [5, 5.41) is 13.3. The van der Waals surface area contributed by atoms with E-state index in [9.17, 15) is 4.79 Å². The molecule has 2 aromatic rings. The molecule has 5 nitrogen and oxygen atoms in total. The van der Waals surface area contributed by atoms with Gasteiger partial charge < -0.3 is 5.11 Å². The topological polar surface area (TPSA) is 68.0 Å². The van der Waals surface area contributed by atoms with Gasteiger partial charge in [-0.2, -0.15) is 5.10 Å². The normalized spacial score (nSPS) is 10.6. The number of aromatic carboxylic acids is 1. The monoisotopic (exact) mass is 245 g/mol. The molecule has 0 saturated heterocycles. The summed E-state index contributed by atoms with van der Waals surface area (Å²) in [4.78, 5) is 14.7. The number of aromatic nitrogens is 3. The third-order valence-electron chi connectivity index (χ3n) is 2.95. The summed E-state index contributed by atoms with van der Waals surface area (Å²) in [6.45, 7) is 6.80. The van der Waals surface area contributed by atoms with Crippen LogP contribution in [0.2, 0.25) is 0 Å². The summed E-state index contributed by atoms with van der Waals surface area (Å²) in [5.41, 5.74) is 3.98. The van der Waals surface area contributed by atoms with Gasteiger partial charge in [0.05, 0.1) is 5.69 Å². The van der Waals surface area contributed by atoms with E-state index in [0.717, 1.165) is 29.1 Å². The van der Waals surface area contributed by atoms with Crippen molar-refractivity contribution >= 4 is 5.97 Å². The van der Waals surface area contributed by atoms with Crippen LogP contribution in [0, 0.1) is 13.8 Å². The van der Waals surface area contributed by atoms with Gasteiger partial charge in [0, 0.05) is 29.6 Å². The summed E-state index contributed by atoms with van der Waals surface area (Å²) in [7, 11) is 0. The standard InChI is InChI=1S/C13H15N3O2/c1-4-16-9(3)12(8(2)15-16)10-5-6-11(13(17)18)14-7-10/h5-7H,4H2,1-3H3,(H,17,18). The number of carboxylic acids is 1. The van der Waals surface area contributed by atoms with Gasteiger partial charge in [0.25, 0.3) is 0 Å². The fourth-order valence-corrected chi connectivity index (χ4v) is 2.09. The maximum absolute atomic E-state index is 10.8. The predicted molar refractivity (Wildman–Crippen MR) is 67.6 cm³/mol. The first-order valence-electron chi connectivity index (χ1n) is 5.78. The SMILES string of the molecule is CCn1nc(C)c(-c2ccc(C(=O)O)nc2)c1C. The molecule has 0 aliphatic rings. The molecule has 2 heterocycles. The Kier molecular flexibility index (Phi) is 3.14. The predicted octanol–water partition coefficient (Wildman–Crippen LogP) is 2.28. The molecule has 0 atom stereocenters. The lowest BCUT2D eigenvalue weighted by Crippen LogP contribution is -2.00. The first kappa shape index (κ1) is 12.3. The fraction of sp³-hybridized carbons (Fsp3) is 0.308. The molecule has 0 aliphatic heterocycles. The van der Waals surface area contributed by atoms with Crippen molar-refractivity contribution in [2.75, 3.05) is 0 Å². The van der Waals surface area contributed by atoms with Crippen molar-refractivity contribution < 1.29 is 9.90 Å². The fourth-order valence-electron chi connectivity index (χ4n) is 2.09. The summed E-state index contributed by atoms with van der Waals surface area (Å²) in [6.07, 6.45) is 1.58. The Labute approximate surface area is 105 Å². The van der Waals surface area contributed by atoms with Gasteiger partial charge in [-0.3, -0.25) is 4.68 Å². The Hall–Kier alpha value is -2.17. The Bertz CT molecular complexity index is 585. The molecule has 2 rings (SSSR count). The molecule has 0 amide bonds. The smallest absolute Gasteiger partial charge is 0.354 e. The average molecular weight is 245 g/mol. The van der Waals surface area contributed by atoms with Crippen molar-refractivity contribution in [3.63, 3.8) is 0 Å². The zero-order chi connectivity index (χ0) is 13.3. The summed E-state index contributed by atoms with van der Waals surface area (Å²) in [6, 6.07) is 3.29. The van der Waals surface area contributed by atoms with Crippen molar-refractivity contribution in [1.82, 2.24) is 14.8 Å². The number of carboxylic acid groups (broad SMARTS) is 1. The van der Waals surface area contributed by atoms with Crippen molar-refractivity contribution in [3.8, 4) is 11.1 Å². The van der Waals surface area contributed by atoms with Crippen LogP contribution in [0.3, 0.4) is 0 Å². The van der Waals surface area contributed by atoms with Crippen LogP contribution >= 0.6 is 0 Å². The van der Waals surface area contributed by atoms with E-state index in [1.165, 1.54) is 6.07 Å². The van der Waals surface area contributed by atoms with Gasteiger partial charge >= 0.3 is 5.97 Å². The zero-order valence-corrected chi connectivity index (χ0v) is 10.6. The molecule has 0 spiro atoms. The third kappa shape index (κ3) is 1.99. The maximum atomic E-state index is 10.8. The quantitative estimate of drug-likeness (QED) is 0.900. The van der Waals surface area contributed by atoms with Gasteiger partial charge in [-0.1, -0.05) is 6.07 Å². The molecule has 2 aromatic heterocycles. The summed E-state index contributed by atoms with van der Waals surface area (Å²) < 4.78 is 1.93. The first-order chi connectivity index (χ1) is 8.54. The van der Waals surface area contributed by atoms with Gasteiger partial charge in [0.1, 0.15) is 5.69 Å². The second-order valence-electron chi connectivity index (χ2n) is 4.10. The molecule has 18 heavy (non-hydrogen) atoms. The van der Waals surface area contributed by atoms with Crippen LogP contribution in [0.4, 0.5) is 0 Å². The van der Waals surface area contributed by atoms with Crippen LogP contribution < -0.4 is 0 Å². The van der Waals surface area contributed by atoms with E-state index in [4.69, 9.17) is 5.11 Å². The molecule has 0 bridgehead atoms. The van der Waals surface area contributed by atoms with E-state index in [2.05, 4.69) is 10.1 Å². The van der Waals surface area contributed by atoms with Crippen molar-refractivity contribution in [2.45, 2.75) is 27.3 Å². The highest BCUT2D eigenvalue weighted by molar-refractivity contribution is 5.85. The highest BCUT2D eigenvalue weighted by Crippen LogP contribution is 2.26. The van der Waals surface area contributed by atoms with Crippen LogP contribution in [0.15, 0.2) is 18.3 Å². The second-order valence-corrected chi connectivity index (χ2v) is 4.10. The van der Waals surface area contributed by atoms with Crippen LogP contribution in [-0.2, 0) is 6.54 Å². The van der Waals surface area contributed by atoms with E-state index in [1.54, 1.807) is 12.3 Å². The highest BCUT2D eigenvalue weighted by Gasteiger charge is 2.13. The van der Waals surface area contributed by atoms with Crippen LogP contribution in [-0.4, -0.2) is 25.8 Å². The Morgan fingerprint density at radius 3 is 2.56 bits per heavy atom. The minimum atomic E-state index is -1.01. The lowest BCUT2D eigenvalue weighted by Gasteiger charge is -2.03. The zero-order valence-electron chi connectivity index (χ0n) is 10.6. The van der Waals surface area contributed by atoms with E-state index in [0.29, 0.717) is 0 Å². The molecule has 0 saturated carbocycles. The van der Waals surface area contributed by atoms with Gasteiger partial charge in [0.15, 0.2) is 0 Å². The average Bonchev–Trinajstić information content (AvgIpc) is 2.64. The van der Waals surface area contributed by atoms with Gasteiger partial charge in [-0.25, -0.2) is 9.78 Å². The van der Waals surface area contributed by atoms with Gasteiger partial charge in [-0.15, -0.1) is 0 Å². The molecule has 0 unspecified atom stereocenters.